The highest BCUT2D eigenvalue weighted by Gasteiger charge is 2.44. The van der Waals surface area contributed by atoms with Crippen LogP contribution in [-0.2, 0) is 9.53 Å². The molecule has 0 radical (unpaired) electrons. The first kappa shape index (κ1) is 16.1. The first-order chi connectivity index (χ1) is 11.6. The number of nitrogens with one attached hydrogen (secondary N) is 1. The highest BCUT2D eigenvalue weighted by atomic mass is 32.1. The predicted octanol–water partition coefficient (Wildman–Crippen LogP) is 1.27. The maximum atomic E-state index is 11.6. The Hall–Kier alpha value is -1.41. The summed E-state index contributed by atoms with van der Waals surface area (Å²) < 4.78 is 6.20. The average Bonchev–Trinajstić information content (AvgIpc) is 3.11. The third-order valence-corrected chi connectivity index (χ3v) is 6.26. The number of fused-ring (bicyclic) bond motifs is 1. The lowest BCUT2D eigenvalue weighted by Gasteiger charge is -2.38. The molecule has 0 spiro atoms. The molecule has 2 aliphatic carbocycles. The van der Waals surface area contributed by atoms with E-state index in [4.69, 9.17) is 10.5 Å². The molecule has 0 bridgehead atoms. The van der Waals surface area contributed by atoms with Crippen LogP contribution in [0.4, 0.5) is 10.3 Å². The smallest absolute Gasteiger partial charge is 0.217 e. The lowest BCUT2D eigenvalue weighted by molar-refractivity contribution is -0.122. The van der Waals surface area contributed by atoms with Gasteiger partial charge in [0.15, 0.2) is 0 Å². The molecule has 1 aliphatic heterocycles. The van der Waals surface area contributed by atoms with Crippen molar-refractivity contribution in [3.05, 3.63) is 0 Å². The molecule has 4 rings (SSSR count). The molecule has 1 aromatic rings. The second-order valence-electron chi connectivity index (χ2n) is 7.44. The van der Waals surface area contributed by atoms with Crippen molar-refractivity contribution in [3.63, 3.8) is 0 Å². The maximum Gasteiger partial charge on any atom is 0.217 e. The first-order valence-electron chi connectivity index (χ1n) is 8.81. The number of anilines is 2. The van der Waals surface area contributed by atoms with Crippen molar-refractivity contribution in [3.8, 4) is 0 Å². The number of carbonyl (C=O) groups excluding carboxylic acids is 1. The quantitative estimate of drug-likeness (QED) is 0.830. The van der Waals surface area contributed by atoms with Crippen LogP contribution < -0.4 is 16.0 Å². The summed E-state index contributed by atoms with van der Waals surface area (Å²) in [5.74, 6) is 1.92. The zero-order valence-electron chi connectivity index (χ0n) is 14.0. The Morgan fingerprint density at radius 2 is 2.08 bits per heavy atom. The largest absolute Gasteiger partial charge is 0.376 e. The van der Waals surface area contributed by atoms with E-state index >= 15 is 0 Å². The van der Waals surface area contributed by atoms with Crippen LogP contribution in [0.15, 0.2) is 0 Å². The van der Waals surface area contributed by atoms with E-state index in [-0.39, 0.29) is 18.1 Å². The summed E-state index contributed by atoms with van der Waals surface area (Å²) in [4.78, 5) is 13.9. The number of nitrogen functional groups attached to an aromatic ring is 1. The summed E-state index contributed by atoms with van der Waals surface area (Å²) in [5, 5.41) is 12.7. The standard InChI is InChI=1S/C16H25N5O2S/c1-9(22)18-13-4-11-6-21(16-20-19-15(17)24-16)7-12(11)5-14(13)23-8-10-2-3-10/h10-14H,2-8H2,1H3,(H2,17,19)(H,18,22)/t11-,12+,13-,14-/m1/s1. The van der Waals surface area contributed by atoms with Crippen molar-refractivity contribution in [2.24, 2.45) is 17.8 Å². The fourth-order valence-corrected chi connectivity index (χ4v) is 4.69. The third kappa shape index (κ3) is 3.49. The van der Waals surface area contributed by atoms with Crippen LogP contribution in [0.25, 0.3) is 0 Å². The Kier molecular flexibility index (Phi) is 4.34. The second kappa shape index (κ2) is 6.48. The van der Waals surface area contributed by atoms with E-state index in [1.165, 1.54) is 24.2 Å². The Morgan fingerprint density at radius 1 is 1.33 bits per heavy atom. The van der Waals surface area contributed by atoms with Crippen molar-refractivity contribution >= 4 is 27.5 Å². The second-order valence-corrected chi connectivity index (χ2v) is 8.43. The molecule has 3 N–H and O–H groups in total. The zero-order valence-corrected chi connectivity index (χ0v) is 14.8. The highest BCUT2D eigenvalue weighted by molar-refractivity contribution is 7.18. The number of nitrogens with zero attached hydrogens (tertiary/aromatic N) is 3. The van der Waals surface area contributed by atoms with Gasteiger partial charge >= 0.3 is 0 Å². The Morgan fingerprint density at radius 3 is 2.71 bits per heavy atom. The number of rotatable bonds is 5. The Labute approximate surface area is 145 Å². The molecule has 1 aromatic heterocycles. The van der Waals surface area contributed by atoms with E-state index in [9.17, 15) is 4.79 Å². The summed E-state index contributed by atoms with van der Waals surface area (Å²) in [6.45, 7) is 4.38. The van der Waals surface area contributed by atoms with Gasteiger partial charge in [0.25, 0.3) is 0 Å². The molecule has 24 heavy (non-hydrogen) atoms. The highest BCUT2D eigenvalue weighted by Crippen LogP contribution is 2.41. The van der Waals surface area contributed by atoms with E-state index in [1.807, 2.05) is 0 Å². The lowest BCUT2D eigenvalue weighted by atomic mass is 9.77. The number of carbonyl (C=O) groups is 1. The lowest BCUT2D eigenvalue weighted by Crippen LogP contribution is -2.50. The Balaban J connectivity index is 1.42. The first-order valence-corrected chi connectivity index (χ1v) is 9.62. The van der Waals surface area contributed by atoms with Crippen LogP contribution >= 0.6 is 11.3 Å². The van der Waals surface area contributed by atoms with E-state index in [0.29, 0.717) is 17.0 Å². The molecule has 0 unspecified atom stereocenters. The molecule has 8 heteroatoms. The van der Waals surface area contributed by atoms with E-state index < -0.39 is 0 Å². The van der Waals surface area contributed by atoms with Crippen LogP contribution in [0, 0.1) is 17.8 Å². The number of nitrogens with two attached hydrogens (primary N) is 1. The van der Waals surface area contributed by atoms with Crippen LogP contribution in [0.5, 0.6) is 0 Å². The van der Waals surface area contributed by atoms with Gasteiger partial charge in [-0.25, -0.2) is 0 Å². The topological polar surface area (TPSA) is 93.4 Å². The van der Waals surface area contributed by atoms with Gasteiger partial charge in [0, 0.05) is 26.6 Å². The minimum atomic E-state index is 0.0326. The van der Waals surface area contributed by atoms with Gasteiger partial charge in [0.05, 0.1) is 12.1 Å². The molecular formula is C16H25N5O2S. The molecule has 3 fully saturated rings. The van der Waals surface area contributed by atoms with Crippen LogP contribution in [-0.4, -0.2) is 47.9 Å². The predicted molar refractivity (Wildman–Crippen MR) is 92.8 cm³/mol. The number of aromatic nitrogens is 2. The number of amides is 1. The summed E-state index contributed by atoms with van der Waals surface area (Å²) in [7, 11) is 0. The SMILES string of the molecule is CC(=O)N[C@@H]1C[C@@H]2CN(c3nnc(N)s3)C[C@@H]2C[C@H]1OCC1CC1. The normalized spacial score (nSPS) is 32.6. The summed E-state index contributed by atoms with van der Waals surface area (Å²) in [5.41, 5.74) is 5.72. The Bertz CT molecular complexity index is 605. The van der Waals surface area contributed by atoms with Crippen molar-refractivity contribution in [1.82, 2.24) is 15.5 Å². The molecule has 7 nitrogen and oxygen atoms in total. The fraction of sp³-hybridized carbons (Fsp3) is 0.812. The molecule has 132 valence electrons. The van der Waals surface area contributed by atoms with E-state index in [2.05, 4.69) is 20.4 Å². The van der Waals surface area contributed by atoms with Crippen molar-refractivity contribution in [2.75, 3.05) is 30.3 Å². The van der Waals surface area contributed by atoms with Crippen LogP contribution in [0.1, 0.15) is 32.6 Å². The third-order valence-electron chi connectivity index (χ3n) is 5.45. The van der Waals surface area contributed by atoms with Crippen LogP contribution in [0.3, 0.4) is 0 Å². The molecule has 4 atom stereocenters. The van der Waals surface area contributed by atoms with Crippen LogP contribution in [0.2, 0.25) is 0 Å². The number of ether oxygens (including phenoxy) is 1. The zero-order chi connectivity index (χ0) is 16.7. The van der Waals surface area contributed by atoms with Gasteiger partial charge in [0.2, 0.25) is 16.2 Å². The summed E-state index contributed by atoms with van der Waals surface area (Å²) >= 11 is 1.45. The molecule has 1 saturated heterocycles. The number of hydrogen-bond donors (Lipinski definition) is 2. The number of hydrogen-bond acceptors (Lipinski definition) is 7. The molecule has 1 amide bonds. The van der Waals surface area contributed by atoms with Gasteiger partial charge in [-0.05, 0) is 43.4 Å². The van der Waals surface area contributed by atoms with Crippen molar-refractivity contribution in [2.45, 2.75) is 44.8 Å². The monoisotopic (exact) mass is 351 g/mol. The minimum Gasteiger partial charge on any atom is -0.376 e. The molecular weight excluding hydrogens is 326 g/mol. The maximum absolute atomic E-state index is 11.6. The summed E-state index contributed by atoms with van der Waals surface area (Å²) in [6, 6.07) is 0.127. The van der Waals surface area contributed by atoms with Gasteiger partial charge in [-0.1, -0.05) is 11.3 Å². The molecule has 0 aromatic carbocycles. The molecule has 2 heterocycles. The molecule has 3 aliphatic rings. The molecule has 2 saturated carbocycles. The van der Waals surface area contributed by atoms with Crippen molar-refractivity contribution < 1.29 is 9.53 Å². The van der Waals surface area contributed by atoms with Crippen molar-refractivity contribution in [1.29, 1.82) is 0 Å². The van der Waals surface area contributed by atoms with Gasteiger partial charge in [-0.2, -0.15) is 0 Å². The fourth-order valence-electron chi connectivity index (χ4n) is 4.07. The van der Waals surface area contributed by atoms with Gasteiger partial charge in [-0.15, -0.1) is 10.2 Å². The van der Waals surface area contributed by atoms with Gasteiger partial charge < -0.3 is 20.7 Å². The van der Waals surface area contributed by atoms with Gasteiger partial charge in [0.1, 0.15) is 0 Å². The average molecular weight is 351 g/mol. The van der Waals surface area contributed by atoms with E-state index in [0.717, 1.165) is 43.6 Å². The minimum absolute atomic E-state index is 0.0326. The van der Waals surface area contributed by atoms with E-state index in [1.54, 1.807) is 6.92 Å². The summed E-state index contributed by atoms with van der Waals surface area (Å²) in [6.07, 6.45) is 4.69. The van der Waals surface area contributed by atoms with Gasteiger partial charge in [-0.3, -0.25) is 4.79 Å².